The molecule has 0 bridgehead atoms. The van der Waals surface area contributed by atoms with Crippen molar-refractivity contribution in [2.45, 2.75) is 12.5 Å². The Bertz CT molecular complexity index is 382. The first-order valence-corrected chi connectivity index (χ1v) is 4.81. The van der Waals surface area contributed by atoms with Crippen LogP contribution in [0.2, 0.25) is 0 Å². The first kappa shape index (κ1) is 9.80. The molecule has 0 saturated carbocycles. The standard InChI is InChI=1S/C12H13N3/c1-12(13,10-5-3-2-4-6-10)11-7-14-9-15-8-11/h2-9H,13H2,1H3. The Morgan fingerprint density at radius 1 is 1.00 bits per heavy atom. The van der Waals surface area contributed by atoms with Gasteiger partial charge in [-0.1, -0.05) is 30.3 Å². The molecule has 0 aliphatic heterocycles. The minimum Gasteiger partial charge on any atom is -0.318 e. The first-order chi connectivity index (χ1) is 7.21. The van der Waals surface area contributed by atoms with Gasteiger partial charge in [0.25, 0.3) is 0 Å². The van der Waals surface area contributed by atoms with Gasteiger partial charge in [-0.3, -0.25) is 0 Å². The molecule has 3 nitrogen and oxygen atoms in total. The SMILES string of the molecule is CC(N)(c1ccccc1)c1cncnc1. The van der Waals surface area contributed by atoms with Crippen LogP contribution in [0.15, 0.2) is 49.1 Å². The van der Waals surface area contributed by atoms with Gasteiger partial charge in [-0.05, 0) is 12.5 Å². The predicted molar refractivity (Wildman–Crippen MR) is 59.1 cm³/mol. The molecule has 76 valence electrons. The molecule has 1 aromatic carbocycles. The minimum absolute atomic E-state index is 0.539. The van der Waals surface area contributed by atoms with E-state index < -0.39 is 5.54 Å². The predicted octanol–water partition coefficient (Wildman–Crippen LogP) is 1.70. The molecule has 2 N–H and O–H groups in total. The summed E-state index contributed by atoms with van der Waals surface area (Å²) in [5.74, 6) is 0. The molecule has 0 spiro atoms. The smallest absolute Gasteiger partial charge is 0.115 e. The first-order valence-electron chi connectivity index (χ1n) is 4.81. The van der Waals surface area contributed by atoms with Crippen molar-refractivity contribution in [1.82, 2.24) is 9.97 Å². The molecule has 3 heteroatoms. The van der Waals surface area contributed by atoms with E-state index in [1.807, 2.05) is 37.3 Å². The van der Waals surface area contributed by atoms with Gasteiger partial charge in [0.1, 0.15) is 6.33 Å². The lowest BCUT2D eigenvalue weighted by atomic mass is 9.87. The summed E-state index contributed by atoms with van der Waals surface area (Å²) in [6, 6.07) is 9.94. The maximum Gasteiger partial charge on any atom is 0.115 e. The molecule has 2 rings (SSSR count). The Morgan fingerprint density at radius 2 is 1.60 bits per heavy atom. The summed E-state index contributed by atoms with van der Waals surface area (Å²) in [5, 5.41) is 0. The molecule has 15 heavy (non-hydrogen) atoms. The molecule has 0 aliphatic carbocycles. The van der Waals surface area contributed by atoms with E-state index in [1.54, 1.807) is 12.4 Å². The lowest BCUT2D eigenvalue weighted by Crippen LogP contribution is -2.34. The highest BCUT2D eigenvalue weighted by atomic mass is 14.8. The van der Waals surface area contributed by atoms with E-state index in [9.17, 15) is 0 Å². The van der Waals surface area contributed by atoms with Crippen LogP contribution in [0.3, 0.4) is 0 Å². The van der Waals surface area contributed by atoms with Gasteiger partial charge >= 0.3 is 0 Å². The van der Waals surface area contributed by atoms with Gasteiger partial charge in [-0.15, -0.1) is 0 Å². The normalized spacial score (nSPS) is 14.5. The number of nitrogens with two attached hydrogens (primary N) is 1. The summed E-state index contributed by atoms with van der Waals surface area (Å²) in [7, 11) is 0. The van der Waals surface area contributed by atoms with Crippen molar-refractivity contribution in [2.75, 3.05) is 0 Å². The van der Waals surface area contributed by atoms with E-state index in [2.05, 4.69) is 9.97 Å². The van der Waals surface area contributed by atoms with Crippen molar-refractivity contribution < 1.29 is 0 Å². The van der Waals surface area contributed by atoms with Crippen molar-refractivity contribution in [3.8, 4) is 0 Å². The van der Waals surface area contributed by atoms with Gasteiger partial charge in [0.15, 0.2) is 0 Å². The average molecular weight is 199 g/mol. The molecule has 1 unspecified atom stereocenters. The maximum atomic E-state index is 6.28. The number of benzene rings is 1. The maximum absolute atomic E-state index is 6.28. The average Bonchev–Trinajstić information content (AvgIpc) is 2.31. The molecule has 1 aromatic heterocycles. The topological polar surface area (TPSA) is 51.8 Å². The highest BCUT2D eigenvalue weighted by Gasteiger charge is 2.23. The zero-order chi connectivity index (χ0) is 10.7. The quantitative estimate of drug-likeness (QED) is 0.800. The summed E-state index contributed by atoms with van der Waals surface area (Å²) in [6.45, 7) is 1.96. The van der Waals surface area contributed by atoms with Crippen molar-refractivity contribution in [3.05, 3.63) is 60.2 Å². The third kappa shape index (κ3) is 1.87. The Hall–Kier alpha value is -1.74. The molecule has 2 aromatic rings. The number of nitrogens with zero attached hydrogens (tertiary/aromatic N) is 2. The number of rotatable bonds is 2. The van der Waals surface area contributed by atoms with E-state index in [0.29, 0.717) is 0 Å². The largest absolute Gasteiger partial charge is 0.318 e. The Kier molecular flexibility index (Phi) is 2.47. The summed E-state index contributed by atoms with van der Waals surface area (Å²) in [6.07, 6.45) is 5.00. The fraction of sp³-hybridized carbons (Fsp3) is 0.167. The molecule has 0 radical (unpaired) electrons. The van der Waals surface area contributed by atoms with Crippen LogP contribution < -0.4 is 5.73 Å². The van der Waals surface area contributed by atoms with Gasteiger partial charge in [0, 0.05) is 18.0 Å². The van der Waals surface area contributed by atoms with E-state index in [-0.39, 0.29) is 0 Å². The molecule has 1 atom stereocenters. The van der Waals surface area contributed by atoms with Crippen LogP contribution in [0.25, 0.3) is 0 Å². The van der Waals surface area contributed by atoms with Crippen molar-refractivity contribution in [1.29, 1.82) is 0 Å². The van der Waals surface area contributed by atoms with Gasteiger partial charge in [0.2, 0.25) is 0 Å². The highest BCUT2D eigenvalue weighted by molar-refractivity contribution is 5.33. The van der Waals surface area contributed by atoms with Gasteiger partial charge in [0.05, 0.1) is 5.54 Å². The second-order valence-corrected chi connectivity index (χ2v) is 3.70. The zero-order valence-corrected chi connectivity index (χ0v) is 8.59. The van der Waals surface area contributed by atoms with Gasteiger partial charge in [-0.25, -0.2) is 9.97 Å². The summed E-state index contributed by atoms with van der Waals surface area (Å²) < 4.78 is 0. The van der Waals surface area contributed by atoms with Crippen molar-refractivity contribution in [2.24, 2.45) is 5.73 Å². The molecule has 0 fully saturated rings. The molecular formula is C12H13N3. The number of hydrogen-bond donors (Lipinski definition) is 1. The lowest BCUT2D eigenvalue weighted by molar-refractivity contribution is 0.596. The van der Waals surface area contributed by atoms with Crippen LogP contribution in [0.1, 0.15) is 18.1 Å². The van der Waals surface area contributed by atoms with Crippen LogP contribution in [0.4, 0.5) is 0 Å². The minimum atomic E-state index is -0.539. The Morgan fingerprint density at radius 3 is 2.20 bits per heavy atom. The fourth-order valence-corrected chi connectivity index (χ4v) is 1.52. The molecular weight excluding hydrogens is 186 g/mol. The van der Waals surface area contributed by atoms with Crippen LogP contribution in [0.5, 0.6) is 0 Å². The molecule has 0 aliphatic rings. The Labute approximate surface area is 89.0 Å². The van der Waals surface area contributed by atoms with Gasteiger partial charge in [-0.2, -0.15) is 0 Å². The third-order valence-corrected chi connectivity index (χ3v) is 2.53. The van der Waals surface area contributed by atoms with Crippen LogP contribution in [-0.4, -0.2) is 9.97 Å². The molecule has 0 amide bonds. The summed E-state index contributed by atoms with van der Waals surface area (Å²) in [5.41, 5.74) is 7.71. The van der Waals surface area contributed by atoms with Crippen LogP contribution in [-0.2, 0) is 5.54 Å². The second kappa shape index (κ2) is 3.79. The fourth-order valence-electron chi connectivity index (χ4n) is 1.52. The molecule has 0 saturated heterocycles. The Balaban J connectivity index is 2.44. The van der Waals surface area contributed by atoms with E-state index in [4.69, 9.17) is 5.73 Å². The van der Waals surface area contributed by atoms with Crippen molar-refractivity contribution >= 4 is 0 Å². The highest BCUT2D eigenvalue weighted by Crippen LogP contribution is 2.24. The lowest BCUT2D eigenvalue weighted by Gasteiger charge is -2.24. The van der Waals surface area contributed by atoms with Crippen LogP contribution in [0, 0.1) is 0 Å². The third-order valence-electron chi connectivity index (χ3n) is 2.53. The second-order valence-electron chi connectivity index (χ2n) is 3.70. The monoisotopic (exact) mass is 199 g/mol. The zero-order valence-electron chi connectivity index (χ0n) is 8.59. The van der Waals surface area contributed by atoms with E-state index >= 15 is 0 Å². The summed E-state index contributed by atoms with van der Waals surface area (Å²) in [4.78, 5) is 7.97. The van der Waals surface area contributed by atoms with Crippen LogP contribution >= 0.6 is 0 Å². The molecule has 1 heterocycles. The van der Waals surface area contributed by atoms with Crippen molar-refractivity contribution in [3.63, 3.8) is 0 Å². The van der Waals surface area contributed by atoms with E-state index in [1.165, 1.54) is 6.33 Å². The van der Waals surface area contributed by atoms with Gasteiger partial charge < -0.3 is 5.73 Å². The number of hydrogen-bond acceptors (Lipinski definition) is 3. The van der Waals surface area contributed by atoms with E-state index in [0.717, 1.165) is 11.1 Å². The summed E-state index contributed by atoms with van der Waals surface area (Å²) >= 11 is 0. The number of aromatic nitrogens is 2.